The molecule has 86 valence electrons. The van der Waals surface area contributed by atoms with Gasteiger partial charge >= 0.3 is 0 Å². The molecule has 1 aliphatic rings. The van der Waals surface area contributed by atoms with Crippen molar-refractivity contribution in [1.29, 1.82) is 0 Å². The highest BCUT2D eigenvalue weighted by molar-refractivity contribution is 5.68. The summed E-state index contributed by atoms with van der Waals surface area (Å²) in [6.45, 7) is 0. The monoisotopic (exact) mass is 222 g/mol. The fraction of sp³-hybridized carbons (Fsp3) is 0.385. The number of benzene rings is 1. The van der Waals surface area contributed by atoms with E-state index in [1.54, 1.807) is 24.3 Å². The molecule has 16 heavy (non-hydrogen) atoms. The fourth-order valence-electron chi connectivity index (χ4n) is 2.04. The highest BCUT2D eigenvalue weighted by Crippen LogP contribution is 2.31. The van der Waals surface area contributed by atoms with Crippen LogP contribution in [0.5, 0.6) is 5.75 Å². The number of hydrogen-bond acceptors (Lipinski definition) is 2. The van der Waals surface area contributed by atoms with Gasteiger partial charge in [0.25, 0.3) is 0 Å². The lowest BCUT2D eigenvalue weighted by atomic mass is 9.92. The molecule has 1 unspecified atom stereocenters. The van der Waals surface area contributed by atoms with Crippen LogP contribution in [-0.2, 0) is 0 Å². The SMILES string of the molecule is COc1cccc(C2=CC(O)CCC2)c1F. The Balaban J connectivity index is 2.40. The molecule has 0 aromatic heterocycles. The largest absolute Gasteiger partial charge is 0.494 e. The molecule has 0 fully saturated rings. The van der Waals surface area contributed by atoms with Crippen LogP contribution in [0.15, 0.2) is 24.3 Å². The third-order valence-corrected chi connectivity index (χ3v) is 2.87. The normalized spacial score (nSPS) is 20.4. The maximum absolute atomic E-state index is 13.9. The second-order valence-electron chi connectivity index (χ2n) is 3.97. The van der Waals surface area contributed by atoms with Crippen molar-refractivity contribution in [3.8, 4) is 5.75 Å². The number of halogens is 1. The molecule has 0 saturated carbocycles. The van der Waals surface area contributed by atoms with Crippen LogP contribution in [0.25, 0.3) is 5.57 Å². The van der Waals surface area contributed by atoms with Crippen molar-refractivity contribution < 1.29 is 14.2 Å². The van der Waals surface area contributed by atoms with E-state index in [0.717, 1.165) is 24.8 Å². The van der Waals surface area contributed by atoms with E-state index in [-0.39, 0.29) is 11.6 Å². The third-order valence-electron chi connectivity index (χ3n) is 2.87. The predicted molar refractivity (Wildman–Crippen MR) is 60.8 cm³/mol. The van der Waals surface area contributed by atoms with E-state index in [9.17, 15) is 9.50 Å². The predicted octanol–water partition coefficient (Wildman–Crippen LogP) is 2.76. The van der Waals surface area contributed by atoms with Gasteiger partial charge in [0.2, 0.25) is 0 Å². The first-order valence-corrected chi connectivity index (χ1v) is 5.44. The van der Waals surface area contributed by atoms with Crippen molar-refractivity contribution >= 4 is 5.57 Å². The smallest absolute Gasteiger partial charge is 0.172 e. The minimum absolute atomic E-state index is 0.249. The standard InChI is InChI=1S/C13H15FO2/c1-16-12-7-3-6-11(13(12)14)9-4-2-5-10(15)8-9/h3,6-8,10,15H,2,4-5H2,1H3. The summed E-state index contributed by atoms with van der Waals surface area (Å²) in [6.07, 6.45) is 3.75. The van der Waals surface area contributed by atoms with Crippen molar-refractivity contribution in [2.45, 2.75) is 25.4 Å². The first kappa shape index (κ1) is 11.1. The van der Waals surface area contributed by atoms with E-state index in [4.69, 9.17) is 4.74 Å². The number of rotatable bonds is 2. The number of methoxy groups -OCH3 is 1. The minimum atomic E-state index is -0.450. The summed E-state index contributed by atoms with van der Waals surface area (Å²) in [4.78, 5) is 0. The van der Waals surface area contributed by atoms with Crippen LogP contribution in [0.1, 0.15) is 24.8 Å². The van der Waals surface area contributed by atoms with Gasteiger partial charge in [0, 0.05) is 5.56 Å². The molecule has 1 aliphatic carbocycles. The van der Waals surface area contributed by atoms with Gasteiger partial charge in [-0.05, 0) is 30.9 Å². The Morgan fingerprint density at radius 3 is 2.94 bits per heavy atom. The third kappa shape index (κ3) is 2.09. The highest BCUT2D eigenvalue weighted by atomic mass is 19.1. The van der Waals surface area contributed by atoms with Crippen LogP contribution < -0.4 is 4.74 Å². The van der Waals surface area contributed by atoms with Crippen LogP contribution in [0, 0.1) is 5.82 Å². The van der Waals surface area contributed by atoms with Crippen LogP contribution in [-0.4, -0.2) is 18.3 Å². The summed E-state index contributed by atoms with van der Waals surface area (Å²) in [7, 11) is 1.45. The first-order chi connectivity index (χ1) is 7.72. The Kier molecular flexibility index (Phi) is 3.25. The molecule has 0 saturated heterocycles. The van der Waals surface area contributed by atoms with Crippen molar-refractivity contribution in [3.05, 3.63) is 35.7 Å². The molecule has 0 spiro atoms. The molecule has 1 atom stereocenters. The van der Waals surface area contributed by atoms with Crippen LogP contribution in [0.2, 0.25) is 0 Å². The number of aliphatic hydroxyl groups is 1. The second-order valence-corrected chi connectivity index (χ2v) is 3.97. The Labute approximate surface area is 94.4 Å². The first-order valence-electron chi connectivity index (χ1n) is 5.44. The Morgan fingerprint density at radius 2 is 2.25 bits per heavy atom. The maximum atomic E-state index is 13.9. The van der Waals surface area contributed by atoms with Gasteiger partial charge < -0.3 is 9.84 Å². The lowest BCUT2D eigenvalue weighted by Crippen LogP contribution is -2.09. The van der Waals surface area contributed by atoms with Crippen molar-refractivity contribution in [2.75, 3.05) is 7.11 Å². The number of aliphatic hydroxyl groups excluding tert-OH is 1. The molecule has 2 nitrogen and oxygen atoms in total. The lowest BCUT2D eigenvalue weighted by Gasteiger charge is -2.18. The average Bonchev–Trinajstić information content (AvgIpc) is 2.29. The Morgan fingerprint density at radius 1 is 1.44 bits per heavy atom. The van der Waals surface area contributed by atoms with E-state index < -0.39 is 6.10 Å². The van der Waals surface area contributed by atoms with E-state index in [1.807, 2.05) is 0 Å². The van der Waals surface area contributed by atoms with Crippen LogP contribution in [0.3, 0.4) is 0 Å². The number of ether oxygens (including phenoxy) is 1. The summed E-state index contributed by atoms with van der Waals surface area (Å²) in [5.41, 5.74) is 1.41. The second kappa shape index (κ2) is 4.66. The molecule has 0 aliphatic heterocycles. The van der Waals surface area contributed by atoms with Crippen LogP contribution in [0.4, 0.5) is 4.39 Å². The summed E-state index contributed by atoms with van der Waals surface area (Å²) in [6, 6.07) is 5.08. The topological polar surface area (TPSA) is 29.5 Å². The van der Waals surface area contributed by atoms with Crippen molar-refractivity contribution in [1.82, 2.24) is 0 Å². The van der Waals surface area contributed by atoms with E-state index >= 15 is 0 Å². The molecular formula is C13H15FO2. The van der Waals surface area contributed by atoms with Gasteiger partial charge in [0.1, 0.15) is 0 Å². The number of allylic oxidation sites excluding steroid dienone is 1. The summed E-state index contributed by atoms with van der Waals surface area (Å²) in [5, 5.41) is 9.53. The van der Waals surface area contributed by atoms with E-state index in [2.05, 4.69) is 0 Å². The molecular weight excluding hydrogens is 207 g/mol. The Hall–Kier alpha value is -1.35. The van der Waals surface area contributed by atoms with Gasteiger partial charge in [-0.25, -0.2) is 4.39 Å². The van der Waals surface area contributed by atoms with Gasteiger partial charge in [0.05, 0.1) is 13.2 Å². The molecule has 0 radical (unpaired) electrons. The van der Waals surface area contributed by atoms with Crippen LogP contribution >= 0.6 is 0 Å². The molecule has 1 aromatic carbocycles. The summed E-state index contributed by atoms with van der Waals surface area (Å²) < 4.78 is 18.9. The summed E-state index contributed by atoms with van der Waals surface area (Å²) in [5.74, 6) is -0.0937. The fourth-order valence-corrected chi connectivity index (χ4v) is 2.04. The van der Waals surface area contributed by atoms with Gasteiger partial charge in [-0.15, -0.1) is 0 Å². The number of hydrogen-bond donors (Lipinski definition) is 1. The Bertz CT molecular complexity index is 412. The zero-order valence-corrected chi connectivity index (χ0v) is 9.24. The zero-order valence-electron chi connectivity index (χ0n) is 9.24. The zero-order chi connectivity index (χ0) is 11.5. The quantitative estimate of drug-likeness (QED) is 0.833. The maximum Gasteiger partial charge on any atom is 0.172 e. The van der Waals surface area contributed by atoms with E-state index in [1.165, 1.54) is 7.11 Å². The van der Waals surface area contributed by atoms with Crippen molar-refractivity contribution in [2.24, 2.45) is 0 Å². The molecule has 0 heterocycles. The molecule has 1 aromatic rings. The van der Waals surface area contributed by atoms with Gasteiger partial charge in [-0.3, -0.25) is 0 Å². The van der Waals surface area contributed by atoms with Gasteiger partial charge in [-0.2, -0.15) is 0 Å². The average molecular weight is 222 g/mol. The molecule has 1 N–H and O–H groups in total. The van der Waals surface area contributed by atoms with Gasteiger partial charge in [0.15, 0.2) is 11.6 Å². The molecule has 0 amide bonds. The minimum Gasteiger partial charge on any atom is -0.494 e. The molecule has 0 bridgehead atoms. The van der Waals surface area contributed by atoms with Gasteiger partial charge in [-0.1, -0.05) is 18.2 Å². The van der Waals surface area contributed by atoms with Crippen molar-refractivity contribution in [3.63, 3.8) is 0 Å². The molecule has 2 rings (SSSR count). The molecule has 3 heteroatoms. The highest BCUT2D eigenvalue weighted by Gasteiger charge is 2.17. The van der Waals surface area contributed by atoms with E-state index in [0.29, 0.717) is 5.56 Å². The summed E-state index contributed by atoms with van der Waals surface area (Å²) >= 11 is 0. The lowest BCUT2D eigenvalue weighted by molar-refractivity contribution is 0.206.